The quantitative estimate of drug-likeness (QED) is 0.452. The van der Waals surface area contributed by atoms with Gasteiger partial charge in [-0.1, -0.05) is 11.6 Å². The van der Waals surface area contributed by atoms with E-state index < -0.39 is 6.04 Å². The molecule has 1 atom stereocenters. The summed E-state index contributed by atoms with van der Waals surface area (Å²) in [6.07, 6.45) is 2.54. The first-order valence-electron chi connectivity index (χ1n) is 12.3. The van der Waals surface area contributed by atoms with Crippen LogP contribution in [0.25, 0.3) is 11.0 Å². The molecule has 2 aliphatic heterocycles. The highest BCUT2D eigenvalue weighted by Gasteiger charge is 2.25. The number of hydrogen-bond acceptors (Lipinski definition) is 4. The maximum Gasteiger partial charge on any atom is 0.317 e. The molecule has 5 rings (SSSR count). The van der Waals surface area contributed by atoms with Gasteiger partial charge in [-0.2, -0.15) is 0 Å². The lowest BCUT2D eigenvalue weighted by atomic mass is 10.0. The second-order valence-electron chi connectivity index (χ2n) is 9.35. The monoisotopic (exact) mass is 508 g/mol. The highest BCUT2D eigenvalue weighted by atomic mass is 35.5. The summed E-state index contributed by atoms with van der Waals surface area (Å²) in [6.45, 7) is 5.12. The van der Waals surface area contributed by atoms with E-state index in [0.29, 0.717) is 48.0 Å². The molecule has 2 aliphatic rings. The van der Waals surface area contributed by atoms with Crippen LogP contribution >= 0.6 is 11.6 Å². The zero-order chi connectivity index (χ0) is 25.2. The van der Waals surface area contributed by atoms with Crippen molar-refractivity contribution < 1.29 is 14.4 Å². The predicted molar refractivity (Wildman–Crippen MR) is 137 cm³/mol. The molecule has 188 valence electrons. The SMILES string of the molecule is Cc1cc(C(=O)N[C@@H](CCN2CCNC2=O)c2nc3ccc(Cl)cc3[nH]2)ccc1C(=O)N1CCCC1. The normalized spacial score (nSPS) is 16.4. The number of nitrogens with one attached hydrogen (secondary N) is 3. The topological polar surface area (TPSA) is 110 Å². The van der Waals surface area contributed by atoms with E-state index in [1.807, 2.05) is 17.9 Å². The van der Waals surface area contributed by atoms with Crippen molar-refractivity contribution in [1.82, 2.24) is 30.4 Å². The van der Waals surface area contributed by atoms with E-state index in [1.165, 1.54) is 0 Å². The molecule has 10 heteroatoms. The number of halogens is 1. The number of hydrogen-bond donors (Lipinski definition) is 3. The van der Waals surface area contributed by atoms with Gasteiger partial charge in [-0.05, 0) is 68.1 Å². The molecule has 0 aliphatic carbocycles. The average Bonchev–Trinajstić information content (AvgIpc) is 3.62. The van der Waals surface area contributed by atoms with Crippen molar-refractivity contribution in [2.45, 2.75) is 32.2 Å². The third kappa shape index (κ3) is 5.02. The molecule has 2 saturated heterocycles. The fraction of sp³-hybridized carbons (Fsp3) is 0.385. The molecule has 0 bridgehead atoms. The highest BCUT2D eigenvalue weighted by Crippen LogP contribution is 2.23. The fourth-order valence-corrected chi connectivity index (χ4v) is 5.00. The van der Waals surface area contributed by atoms with Crippen molar-refractivity contribution in [3.8, 4) is 0 Å². The Labute approximate surface area is 214 Å². The van der Waals surface area contributed by atoms with E-state index in [1.54, 1.807) is 35.2 Å². The highest BCUT2D eigenvalue weighted by molar-refractivity contribution is 6.31. The van der Waals surface area contributed by atoms with Crippen molar-refractivity contribution >= 4 is 40.5 Å². The third-order valence-corrected chi connectivity index (χ3v) is 7.08. The van der Waals surface area contributed by atoms with Crippen molar-refractivity contribution in [3.63, 3.8) is 0 Å². The predicted octanol–water partition coefficient (Wildman–Crippen LogP) is 3.65. The lowest BCUT2D eigenvalue weighted by Crippen LogP contribution is -2.35. The minimum atomic E-state index is -0.455. The van der Waals surface area contributed by atoms with Gasteiger partial charge in [0.2, 0.25) is 0 Å². The largest absolute Gasteiger partial charge is 0.342 e. The molecule has 2 aromatic carbocycles. The van der Waals surface area contributed by atoms with Gasteiger partial charge in [0.25, 0.3) is 11.8 Å². The fourth-order valence-electron chi connectivity index (χ4n) is 4.83. The summed E-state index contributed by atoms with van der Waals surface area (Å²) in [4.78, 5) is 49.7. The number of imidazole rings is 1. The molecule has 0 radical (unpaired) electrons. The van der Waals surface area contributed by atoms with E-state index in [0.717, 1.165) is 42.5 Å². The Kier molecular flexibility index (Phi) is 6.82. The van der Waals surface area contributed by atoms with Crippen LogP contribution in [-0.2, 0) is 0 Å². The van der Waals surface area contributed by atoms with Gasteiger partial charge < -0.3 is 25.4 Å². The van der Waals surface area contributed by atoms with E-state index in [-0.39, 0.29) is 17.8 Å². The molecule has 2 fully saturated rings. The van der Waals surface area contributed by atoms with Gasteiger partial charge in [-0.15, -0.1) is 0 Å². The summed E-state index contributed by atoms with van der Waals surface area (Å²) in [5.41, 5.74) is 3.38. The number of aromatic nitrogens is 2. The molecule has 4 amide bonds. The Balaban J connectivity index is 1.36. The van der Waals surface area contributed by atoms with E-state index in [4.69, 9.17) is 11.6 Å². The molecular weight excluding hydrogens is 480 g/mol. The Bertz CT molecular complexity index is 1320. The molecule has 3 heterocycles. The molecule has 1 aromatic heterocycles. The summed E-state index contributed by atoms with van der Waals surface area (Å²) < 4.78 is 0. The summed E-state index contributed by atoms with van der Waals surface area (Å²) >= 11 is 6.13. The van der Waals surface area contributed by atoms with Gasteiger partial charge in [-0.3, -0.25) is 9.59 Å². The van der Waals surface area contributed by atoms with Gasteiger partial charge >= 0.3 is 6.03 Å². The molecular formula is C26H29ClN6O3. The molecule has 3 aromatic rings. The van der Waals surface area contributed by atoms with Crippen LogP contribution in [0.5, 0.6) is 0 Å². The van der Waals surface area contributed by atoms with Crippen LogP contribution in [0.4, 0.5) is 4.79 Å². The average molecular weight is 509 g/mol. The molecule has 3 N–H and O–H groups in total. The minimum absolute atomic E-state index is 0.0136. The number of H-pyrrole nitrogens is 1. The number of rotatable bonds is 7. The van der Waals surface area contributed by atoms with Crippen molar-refractivity contribution in [3.05, 3.63) is 63.9 Å². The molecule has 0 unspecified atom stereocenters. The van der Waals surface area contributed by atoms with Crippen LogP contribution in [0, 0.1) is 6.92 Å². The number of amides is 4. The summed E-state index contributed by atoms with van der Waals surface area (Å²) in [7, 11) is 0. The zero-order valence-electron chi connectivity index (χ0n) is 20.1. The Morgan fingerprint density at radius 3 is 2.67 bits per heavy atom. The van der Waals surface area contributed by atoms with Gasteiger partial charge in [-0.25, -0.2) is 9.78 Å². The standard InChI is InChI=1S/C26H29ClN6O3/c1-16-14-17(4-6-19(16)25(35)32-10-2-3-11-32)24(34)31-21(8-12-33-13-9-28-26(33)36)23-29-20-7-5-18(27)15-22(20)30-23/h4-7,14-15,21H,2-3,8-13H2,1H3,(H,28,36)(H,29,30)(H,31,34)/t21-/m0/s1. The second-order valence-corrected chi connectivity index (χ2v) is 9.78. The number of likely N-dealkylation sites (tertiary alicyclic amines) is 1. The number of nitrogens with zero attached hydrogens (tertiary/aromatic N) is 3. The summed E-state index contributed by atoms with van der Waals surface area (Å²) in [5.74, 6) is 0.338. The zero-order valence-corrected chi connectivity index (χ0v) is 20.9. The smallest absolute Gasteiger partial charge is 0.317 e. The van der Waals surface area contributed by atoms with E-state index in [2.05, 4.69) is 20.6 Å². The van der Waals surface area contributed by atoms with Crippen molar-refractivity contribution in [2.75, 3.05) is 32.7 Å². The third-order valence-electron chi connectivity index (χ3n) is 6.84. The number of urea groups is 1. The first kappa shape index (κ1) is 24.1. The number of carbonyl (C=O) groups is 3. The summed E-state index contributed by atoms with van der Waals surface area (Å²) in [6, 6.07) is 10.00. The van der Waals surface area contributed by atoms with Crippen LogP contribution < -0.4 is 10.6 Å². The molecule has 9 nitrogen and oxygen atoms in total. The van der Waals surface area contributed by atoms with Crippen LogP contribution in [0.15, 0.2) is 36.4 Å². The first-order chi connectivity index (χ1) is 17.4. The number of fused-ring (bicyclic) bond motifs is 1. The Morgan fingerprint density at radius 1 is 1.14 bits per heavy atom. The first-order valence-corrected chi connectivity index (χ1v) is 12.7. The second kappa shape index (κ2) is 10.2. The van der Waals surface area contributed by atoms with Crippen LogP contribution in [0.1, 0.15) is 57.4 Å². The van der Waals surface area contributed by atoms with Crippen LogP contribution in [0.2, 0.25) is 5.02 Å². The summed E-state index contributed by atoms with van der Waals surface area (Å²) in [5, 5.41) is 6.46. The molecule has 36 heavy (non-hydrogen) atoms. The van der Waals surface area contributed by atoms with Crippen LogP contribution in [-0.4, -0.2) is 70.3 Å². The number of carbonyl (C=O) groups excluding carboxylic acids is 3. The molecule has 0 spiro atoms. The van der Waals surface area contributed by atoms with E-state index in [9.17, 15) is 14.4 Å². The van der Waals surface area contributed by atoms with Gasteiger partial charge in [0, 0.05) is 48.9 Å². The maximum atomic E-state index is 13.3. The van der Waals surface area contributed by atoms with Crippen molar-refractivity contribution in [2.24, 2.45) is 0 Å². The number of aryl methyl sites for hydroxylation is 1. The minimum Gasteiger partial charge on any atom is -0.342 e. The number of aromatic amines is 1. The van der Waals surface area contributed by atoms with Crippen LogP contribution in [0.3, 0.4) is 0 Å². The Morgan fingerprint density at radius 2 is 1.94 bits per heavy atom. The van der Waals surface area contributed by atoms with Crippen molar-refractivity contribution in [1.29, 1.82) is 0 Å². The Hall–Kier alpha value is -3.59. The lowest BCUT2D eigenvalue weighted by Gasteiger charge is -2.21. The number of benzene rings is 2. The van der Waals surface area contributed by atoms with Gasteiger partial charge in [0.05, 0.1) is 17.1 Å². The van der Waals surface area contributed by atoms with Gasteiger partial charge in [0.1, 0.15) is 5.82 Å². The van der Waals surface area contributed by atoms with Gasteiger partial charge in [0.15, 0.2) is 0 Å². The molecule has 0 saturated carbocycles. The maximum absolute atomic E-state index is 13.3. The lowest BCUT2D eigenvalue weighted by molar-refractivity contribution is 0.0791. The van der Waals surface area contributed by atoms with E-state index >= 15 is 0 Å².